The number of aryl methyl sites for hydroxylation is 1. The number of nitrogens with zero attached hydrogens (tertiary/aromatic N) is 2. The Balaban J connectivity index is 2.05. The second-order valence-electron chi connectivity index (χ2n) is 4.67. The van der Waals surface area contributed by atoms with Crippen molar-refractivity contribution < 1.29 is 5.11 Å². The summed E-state index contributed by atoms with van der Waals surface area (Å²) in [6.07, 6.45) is 3.53. The lowest BCUT2D eigenvalue weighted by molar-refractivity contribution is 0.477. The average Bonchev–Trinajstić information content (AvgIpc) is 2.48. The number of hydrogen-bond acceptors (Lipinski definition) is 3. The van der Waals surface area contributed by atoms with Crippen LogP contribution in [-0.4, -0.2) is 16.3 Å². The molecule has 0 fully saturated rings. The number of phenolic OH excluding ortho intramolecular Hbond substituents is 1. The topological polar surface area (TPSA) is 45.5 Å². The van der Waals surface area contributed by atoms with Crippen LogP contribution >= 0.6 is 0 Å². The molecule has 3 nitrogen and oxygen atoms in total. The van der Waals surface area contributed by atoms with E-state index in [1.165, 1.54) is 0 Å². The third-order valence-electron chi connectivity index (χ3n) is 3.16. The van der Waals surface area contributed by atoms with Crippen molar-refractivity contribution in [3.63, 3.8) is 0 Å². The van der Waals surface area contributed by atoms with Crippen LogP contribution in [0.5, 0.6) is 5.75 Å². The van der Waals surface area contributed by atoms with Crippen molar-refractivity contribution >= 4 is 22.8 Å². The van der Waals surface area contributed by atoms with Crippen LogP contribution < -0.4 is 0 Å². The molecular formula is C17H14N2O. The maximum absolute atomic E-state index is 9.80. The molecule has 1 aromatic heterocycles. The number of fused-ring (bicyclic) bond motifs is 1. The van der Waals surface area contributed by atoms with E-state index in [2.05, 4.69) is 9.98 Å². The van der Waals surface area contributed by atoms with E-state index in [9.17, 15) is 5.11 Å². The van der Waals surface area contributed by atoms with Gasteiger partial charge in [-0.15, -0.1) is 0 Å². The average molecular weight is 262 g/mol. The first kappa shape index (κ1) is 12.4. The zero-order valence-electron chi connectivity index (χ0n) is 11.1. The van der Waals surface area contributed by atoms with Crippen molar-refractivity contribution in [3.8, 4) is 5.75 Å². The summed E-state index contributed by atoms with van der Waals surface area (Å²) in [6, 6.07) is 15.2. The van der Waals surface area contributed by atoms with E-state index in [0.29, 0.717) is 5.69 Å². The minimum atomic E-state index is 0.185. The third kappa shape index (κ3) is 2.38. The third-order valence-corrected chi connectivity index (χ3v) is 3.16. The van der Waals surface area contributed by atoms with Crippen molar-refractivity contribution in [2.45, 2.75) is 6.92 Å². The fourth-order valence-electron chi connectivity index (χ4n) is 2.11. The van der Waals surface area contributed by atoms with Gasteiger partial charge in [-0.05, 0) is 36.8 Å². The molecule has 1 N–H and O–H groups in total. The van der Waals surface area contributed by atoms with Crippen molar-refractivity contribution in [3.05, 3.63) is 65.9 Å². The Morgan fingerprint density at radius 3 is 2.85 bits per heavy atom. The Labute approximate surface area is 117 Å². The van der Waals surface area contributed by atoms with Gasteiger partial charge >= 0.3 is 0 Å². The quantitative estimate of drug-likeness (QED) is 0.709. The molecule has 3 aromatic rings. The Bertz CT molecular complexity index is 789. The predicted molar refractivity (Wildman–Crippen MR) is 81.8 cm³/mol. The highest BCUT2D eigenvalue weighted by molar-refractivity contribution is 5.98. The lowest BCUT2D eigenvalue weighted by atomic mass is 10.1. The van der Waals surface area contributed by atoms with E-state index in [4.69, 9.17) is 0 Å². The van der Waals surface area contributed by atoms with E-state index >= 15 is 0 Å². The number of aliphatic imine (C=N–C) groups is 1. The molecule has 0 saturated heterocycles. The molecule has 20 heavy (non-hydrogen) atoms. The summed E-state index contributed by atoms with van der Waals surface area (Å²) in [7, 11) is 0. The van der Waals surface area contributed by atoms with E-state index < -0.39 is 0 Å². The number of rotatable bonds is 2. The van der Waals surface area contributed by atoms with Crippen LogP contribution in [0.2, 0.25) is 0 Å². The van der Waals surface area contributed by atoms with Crippen molar-refractivity contribution in [1.29, 1.82) is 0 Å². The first-order valence-corrected chi connectivity index (χ1v) is 6.41. The number of pyridine rings is 1. The molecule has 0 radical (unpaired) electrons. The van der Waals surface area contributed by atoms with E-state index in [1.807, 2.05) is 49.4 Å². The monoisotopic (exact) mass is 262 g/mol. The summed E-state index contributed by atoms with van der Waals surface area (Å²) in [4.78, 5) is 8.70. The van der Waals surface area contributed by atoms with Gasteiger partial charge in [0.1, 0.15) is 11.4 Å². The van der Waals surface area contributed by atoms with Gasteiger partial charge in [0.25, 0.3) is 0 Å². The maximum Gasteiger partial charge on any atom is 0.141 e. The van der Waals surface area contributed by atoms with Gasteiger partial charge in [0.05, 0.1) is 5.52 Å². The molecule has 3 rings (SSSR count). The highest BCUT2D eigenvalue weighted by Gasteiger charge is 2.01. The van der Waals surface area contributed by atoms with Crippen LogP contribution in [0.3, 0.4) is 0 Å². The van der Waals surface area contributed by atoms with Crippen molar-refractivity contribution in [2.75, 3.05) is 0 Å². The first-order valence-electron chi connectivity index (χ1n) is 6.41. The molecule has 0 bridgehead atoms. The number of aromatic hydroxyl groups is 1. The zero-order chi connectivity index (χ0) is 13.9. The van der Waals surface area contributed by atoms with Gasteiger partial charge in [-0.2, -0.15) is 0 Å². The fourth-order valence-corrected chi connectivity index (χ4v) is 2.11. The Hall–Kier alpha value is -2.68. The van der Waals surface area contributed by atoms with Gasteiger partial charge in [0.2, 0.25) is 0 Å². The highest BCUT2D eigenvalue weighted by Crippen LogP contribution is 2.27. The number of benzene rings is 2. The molecule has 0 saturated carbocycles. The van der Waals surface area contributed by atoms with E-state index in [1.54, 1.807) is 18.5 Å². The number of phenols is 1. The molecule has 0 aliphatic rings. The summed E-state index contributed by atoms with van der Waals surface area (Å²) in [5, 5.41) is 10.8. The van der Waals surface area contributed by atoms with Crippen LogP contribution in [0.1, 0.15) is 11.1 Å². The summed E-state index contributed by atoms with van der Waals surface area (Å²) >= 11 is 0. The molecule has 0 aliphatic heterocycles. The minimum absolute atomic E-state index is 0.185. The van der Waals surface area contributed by atoms with Gasteiger partial charge in [-0.1, -0.05) is 24.3 Å². The standard InChI is InChI=1S/C17H14N2O/c1-12-6-7-17(20)16(10-12)19-11-13-8-9-18-15-5-3-2-4-14(13)15/h2-11,20H,1H3. The Kier molecular flexibility index (Phi) is 3.17. The van der Waals surface area contributed by atoms with Crippen LogP contribution in [0.25, 0.3) is 10.9 Å². The normalized spacial score (nSPS) is 11.2. The highest BCUT2D eigenvalue weighted by atomic mass is 16.3. The lowest BCUT2D eigenvalue weighted by Crippen LogP contribution is -1.86. The SMILES string of the molecule is Cc1ccc(O)c(N=Cc2ccnc3ccccc23)c1. The van der Waals surface area contributed by atoms with Crippen LogP contribution in [-0.2, 0) is 0 Å². The number of aromatic nitrogens is 1. The molecule has 0 aliphatic carbocycles. The van der Waals surface area contributed by atoms with Gasteiger partial charge in [-0.25, -0.2) is 0 Å². The smallest absolute Gasteiger partial charge is 0.141 e. The first-order chi connectivity index (χ1) is 9.74. The van der Waals surface area contributed by atoms with Crippen molar-refractivity contribution in [2.24, 2.45) is 4.99 Å². The molecule has 0 amide bonds. The molecule has 0 unspecified atom stereocenters. The van der Waals surface area contributed by atoms with Crippen molar-refractivity contribution in [1.82, 2.24) is 4.98 Å². The fraction of sp³-hybridized carbons (Fsp3) is 0.0588. The second kappa shape index (κ2) is 5.13. The second-order valence-corrected chi connectivity index (χ2v) is 4.67. The predicted octanol–water partition coefficient (Wildman–Crippen LogP) is 4.00. The Morgan fingerprint density at radius 1 is 1.10 bits per heavy atom. The molecule has 2 aromatic carbocycles. The maximum atomic E-state index is 9.80. The molecular weight excluding hydrogens is 248 g/mol. The van der Waals surface area contributed by atoms with Gasteiger partial charge < -0.3 is 5.11 Å². The van der Waals surface area contributed by atoms with Gasteiger partial charge in [-0.3, -0.25) is 9.98 Å². The molecule has 0 spiro atoms. The van der Waals surface area contributed by atoms with E-state index in [-0.39, 0.29) is 5.75 Å². The largest absolute Gasteiger partial charge is 0.506 e. The summed E-state index contributed by atoms with van der Waals surface area (Å²) in [5.74, 6) is 0.185. The zero-order valence-corrected chi connectivity index (χ0v) is 11.1. The number of hydrogen-bond donors (Lipinski definition) is 1. The summed E-state index contributed by atoms with van der Waals surface area (Å²) in [5.41, 5.74) is 3.56. The summed E-state index contributed by atoms with van der Waals surface area (Å²) < 4.78 is 0. The molecule has 1 heterocycles. The molecule has 3 heteroatoms. The number of para-hydroxylation sites is 1. The van der Waals surface area contributed by atoms with Crippen LogP contribution in [0, 0.1) is 6.92 Å². The van der Waals surface area contributed by atoms with Crippen LogP contribution in [0.4, 0.5) is 5.69 Å². The van der Waals surface area contributed by atoms with Gasteiger partial charge in [0, 0.05) is 23.4 Å². The van der Waals surface area contributed by atoms with Gasteiger partial charge in [0.15, 0.2) is 0 Å². The Morgan fingerprint density at radius 2 is 1.95 bits per heavy atom. The minimum Gasteiger partial charge on any atom is -0.506 e. The van der Waals surface area contributed by atoms with Crippen LogP contribution in [0.15, 0.2) is 59.7 Å². The molecule has 98 valence electrons. The summed E-state index contributed by atoms with van der Waals surface area (Å²) in [6.45, 7) is 1.97. The van der Waals surface area contributed by atoms with E-state index in [0.717, 1.165) is 22.0 Å². The molecule has 0 atom stereocenters. The lowest BCUT2D eigenvalue weighted by Gasteiger charge is -2.02.